The molecule has 2 aromatic rings. The molecule has 0 radical (unpaired) electrons. The first-order chi connectivity index (χ1) is 12.0. The van der Waals surface area contributed by atoms with Crippen LogP contribution in [0.4, 0.5) is 0 Å². The van der Waals surface area contributed by atoms with E-state index in [1.807, 2.05) is 30.3 Å². The van der Waals surface area contributed by atoms with Gasteiger partial charge in [-0.25, -0.2) is 0 Å². The molecule has 7 heteroatoms. The summed E-state index contributed by atoms with van der Waals surface area (Å²) in [6.45, 7) is 1.79. The van der Waals surface area contributed by atoms with Gasteiger partial charge < -0.3 is 4.74 Å². The van der Waals surface area contributed by atoms with Crippen molar-refractivity contribution in [1.29, 1.82) is 0 Å². The number of amides is 2. The fourth-order valence-electron chi connectivity index (χ4n) is 2.02. The molecule has 0 spiro atoms. The van der Waals surface area contributed by atoms with E-state index in [9.17, 15) is 9.59 Å². The quantitative estimate of drug-likeness (QED) is 0.756. The number of ether oxygens (including phenoxy) is 1. The molecule has 0 unspecified atom stereocenters. The fraction of sp³-hybridized carbons (Fsp3) is 0.222. The molecule has 2 rings (SSSR count). The number of hydrogen-bond donors (Lipinski definition) is 2. The molecule has 0 heterocycles. The Morgan fingerprint density at radius 3 is 2.56 bits per heavy atom. The van der Waals surface area contributed by atoms with Gasteiger partial charge >= 0.3 is 0 Å². The summed E-state index contributed by atoms with van der Waals surface area (Å²) in [5, 5.41) is 0.0887. The Labute approximate surface area is 156 Å². The zero-order valence-electron chi connectivity index (χ0n) is 13.9. The first-order valence-electron chi connectivity index (χ1n) is 7.60. The van der Waals surface area contributed by atoms with Gasteiger partial charge in [0.15, 0.2) is 0 Å². The van der Waals surface area contributed by atoms with Gasteiger partial charge in [0.05, 0.1) is 17.9 Å². The number of rotatable bonds is 6. The van der Waals surface area contributed by atoms with Crippen LogP contribution in [0.1, 0.15) is 22.8 Å². The highest BCUT2D eigenvalue weighted by molar-refractivity contribution is 7.99. The summed E-state index contributed by atoms with van der Waals surface area (Å²) in [5.41, 5.74) is 6.21. The summed E-state index contributed by atoms with van der Waals surface area (Å²) in [5.74, 6) is 0.316. The van der Waals surface area contributed by atoms with E-state index in [-0.39, 0.29) is 16.7 Å². The number of methoxy groups -OCH3 is 1. The number of carbonyl (C=O) groups excluding carboxylic acids is 2. The van der Waals surface area contributed by atoms with E-state index in [2.05, 4.69) is 10.9 Å². The molecular formula is C18H19ClN2O3S. The Hall–Kier alpha value is -2.18. The van der Waals surface area contributed by atoms with Crippen LogP contribution in [0, 0.1) is 0 Å². The van der Waals surface area contributed by atoms with Crippen molar-refractivity contribution in [2.45, 2.75) is 17.9 Å². The van der Waals surface area contributed by atoms with Crippen molar-refractivity contribution >= 4 is 35.2 Å². The maximum atomic E-state index is 12.2. The Morgan fingerprint density at radius 2 is 1.88 bits per heavy atom. The van der Waals surface area contributed by atoms with Crippen LogP contribution in [-0.2, 0) is 10.5 Å². The minimum atomic E-state index is -0.493. The third kappa shape index (κ3) is 5.69. The number of thioether (sulfide) groups is 1. The van der Waals surface area contributed by atoms with Crippen LogP contribution in [-0.4, -0.2) is 24.2 Å². The van der Waals surface area contributed by atoms with E-state index in [0.717, 1.165) is 5.56 Å². The van der Waals surface area contributed by atoms with Crippen molar-refractivity contribution < 1.29 is 14.3 Å². The van der Waals surface area contributed by atoms with Gasteiger partial charge in [0.1, 0.15) is 5.75 Å². The molecule has 0 bridgehead atoms. The van der Waals surface area contributed by atoms with Crippen LogP contribution in [0.2, 0.25) is 5.02 Å². The van der Waals surface area contributed by atoms with E-state index in [1.54, 1.807) is 19.1 Å². The van der Waals surface area contributed by atoms with Crippen molar-refractivity contribution in [1.82, 2.24) is 10.9 Å². The number of benzene rings is 2. The average molecular weight is 379 g/mol. The molecule has 0 aliphatic heterocycles. The molecule has 2 aromatic carbocycles. The maximum Gasteiger partial charge on any atom is 0.273 e. The number of hydrazine groups is 1. The predicted molar refractivity (Wildman–Crippen MR) is 101 cm³/mol. The highest BCUT2D eigenvalue weighted by Gasteiger charge is 2.17. The van der Waals surface area contributed by atoms with E-state index in [4.69, 9.17) is 16.3 Å². The molecule has 0 aromatic heterocycles. The summed E-state index contributed by atoms with van der Waals surface area (Å²) < 4.78 is 5.13. The molecule has 0 fully saturated rings. The molecule has 0 aliphatic carbocycles. The summed E-state index contributed by atoms with van der Waals surface area (Å²) in [6.07, 6.45) is 0. The summed E-state index contributed by atoms with van der Waals surface area (Å²) in [6, 6.07) is 14.6. The number of halogens is 1. The fourth-order valence-corrected chi connectivity index (χ4v) is 3.03. The second kappa shape index (κ2) is 9.34. The first kappa shape index (κ1) is 19.1. The molecule has 2 N–H and O–H groups in total. The molecule has 25 heavy (non-hydrogen) atoms. The van der Waals surface area contributed by atoms with Crippen molar-refractivity contribution in [2.24, 2.45) is 0 Å². The summed E-state index contributed by atoms with van der Waals surface area (Å²) in [4.78, 5) is 24.3. The molecule has 5 nitrogen and oxygen atoms in total. The Balaban J connectivity index is 1.86. The average Bonchev–Trinajstić information content (AvgIpc) is 2.64. The lowest BCUT2D eigenvalue weighted by atomic mass is 10.2. The van der Waals surface area contributed by atoms with Gasteiger partial charge in [-0.15, -0.1) is 11.8 Å². The van der Waals surface area contributed by atoms with Gasteiger partial charge in [-0.2, -0.15) is 0 Å². The lowest BCUT2D eigenvalue weighted by Crippen LogP contribution is -2.45. The Bertz CT molecular complexity index is 740. The van der Waals surface area contributed by atoms with Crippen molar-refractivity contribution in [3.05, 3.63) is 64.7 Å². The van der Waals surface area contributed by atoms with Gasteiger partial charge in [-0.1, -0.05) is 41.9 Å². The van der Waals surface area contributed by atoms with E-state index >= 15 is 0 Å². The summed E-state index contributed by atoms with van der Waals surface area (Å²) >= 11 is 7.39. The van der Waals surface area contributed by atoms with Crippen molar-refractivity contribution in [2.75, 3.05) is 7.11 Å². The standard InChI is InChI=1S/C18H19ClN2O3S/c1-12(25-11-13-6-4-3-5-7-13)17(22)20-21-18(23)15-10-14(19)8-9-16(15)24-2/h3-10,12H,11H2,1-2H3,(H,20,22)(H,21,23)/t12-/m0/s1. The molecule has 0 aliphatic rings. The van der Waals surface area contributed by atoms with Gasteiger partial charge in [0, 0.05) is 10.8 Å². The minimum Gasteiger partial charge on any atom is -0.496 e. The molecule has 132 valence electrons. The normalized spacial score (nSPS) is 11.5. The Kier molecular flexibility index (Phi) is 7.16. The zero-order valence-corrected chi connectivity index (χ0v) is 15.5. The van der Waals surface area contributed by atoms with Crippen LogP contribution >= 0.6 is 23.4 Å². The first-order valence-corrected chi connectivity index (χ1v) is 9.03. The minimum absolute atomic E-state index is 0.250. The molecule has 0 saturated carbocycles. The largest absolute Gasteiger partial charge is 0.496 e. The summed E-state index contributed by atoms with van der Waals surface area (Å²) in [7, 11) is 1.46. The van der Waals surface area contributed by atoms with Crippen molar-refractivity contribution in [3.8, 4) is 5.75 Å². The maximum absolute atomic E-state index is 12.2. The number of hydrogen-bond acceptors (Lipinski definition) is 4. The molecule has 0 saturated heterocycles. The highest BCUT2D eigenvalue weighted by atomic mass is 35.5. The lowest BCUT2D eigenvalue weighted by Gasteiger charge is -2.14. The number of nitrogens with one attached hydrogen (secondary N) is 2. The lowest BCUT2D eigenvalue weighted by molar-refractivity contribution is -0.121. The van der Waals surface area contributed by atoms with Crippen LogP contribution < -0.4 is 15.6 Å². The van der Waals surface area contributed by atoms with E-state index in [1.165, 1.54) is 24.9 Å². The third-order valence-electron chi connectivity index (χ3n) is 3.42. The predicted octanol–water partition coefficient (Wildman–Crippen LogP) is 3.43. The molecular weight excluding hydrogens is 360 g/mol. The second-order valence-electron chi connectivity index (χ2n) is 5.23. The molecule has 1 atom stereocenters. The van der Waals surface area contributed by atoms with Crippen LogP contribution in [0.15, 0.2) is 48.5 Å². The van der Waals surface area contributed by atoms with Crippen LogP contribution in [0.3, 0.4) is 0 Å². The highest BCUT2D eigenvalue weighted by Crippen LogP contribution is 2.22. The SMILES string of the molecule is COc1ccc(Cl)cc1C(=O)NNC(=O)[C@H](C)SCc1ccccc1. The zero-order chi connectivity index (χ0) is 18.2. The van der Waals surface area contributed by atoms with Gasteiger partial charge in [0.25, 0.3) is 11.8 Å². The topological polar surface area (TPSA) is 67.4 Å². The molecule has 2 amide bonds. The Morgan fingerprint density at radius 1 is 1.16 bits per heavy atom. The van der Waals surface area contributed by atoms with E-state index in [0.29, 0.717) is 16.5 Å². The van der Waals surface area contributed by atoms with Crippen LogP contribution in [0.25, 0.3) is 0 Å². The number of carbonyl (C=O) groups is 2. The van der Waals surface area contributed by atoms with E-state index < -0.39 is 5.91 Å². The van der Waals surface area contributed by atoms with Crippen LogP contribution in [0.5, 0.6) is 5.75 Å². The third-order valence-corrected chi connectivity index (χ3v) is 4.87. The smallest absolute Gasteiger partial charge is 0.273 e. The second-order valence-corrected chi connectivity index (χ2v) is 6.99. The monoisotopic (exact) mass is 378 g/mol. The van der Waals surface area contributed by atoms with Gasteiger partial charge in [0.2, 0.25) is 0 Å². The van der Waals surface area contributed by atoms with Gasteiger partial charge in [-0.3, -0.25) is 20.4 Å². The van der Waals surface area contributed by atoms with Crippen molar-refractivity contribution in [3.63, 3.8) is 0 Å². The van der Waals surface area contributed by atoms with Gasteiger partial charge in [-0.05, 0) is 30.7 Å².